The molecule has 2 aromatic rings. The summed E-state index contributed by atoms with van der Waals surface area (Å²) in [5, 5.41) is 4.95. The van der Waals surface area contributed by atoms with Gasteiger partial charge in [-0.2, -0.15) is 0 Å². The lowest BCUT2D eigenvalue weighted by atomic mass is 10.2. The molecule has 4 nitrogen and oxygen atoms in total. The highest BCUT2D eigenvalue weighted by molar-refractivity contribution is 7.15. The van der Waals surface area contributed by atoms with Gasteiger partial charge in [-0.3, -0.25) is 9.20 Å². The van der Waals surface area contributed by atoms with Gasteiger partial charge in [0.2, 0.25) is 0 Å². The molecule has 1 amide bonds. The fourth-order valence-corrected chi connectivity index (χ4v) is 2.66. The largest absolute Gasteiger partial charge is 0.350 e. The van der Waals surface area contributed by atoms with Gasteiger partial charge in [0.25, 0.3) is 5.91 Å². The maximum absolute atomic E-state index is 12.1. The second-order valence-corrected chi connectivity index (χ2v) is 5.48. The van der Waals surface area contributed by atoms with Crippen molar-refractivity contribution in [3.63, 3.8) is 0 Å². The molecule has 2 aromatic heterocycles. The van der Waals surface area contributed by atoms with Crippen LogP contribution in [0.15, 0.2) is 5.38 Å². The van der Waals surface area contributed by atoms with Crippen LogP contribution in [0, 0.1) is 19.8 Å². The fourth-order valence-electron chi connectivity index (χ4n) is 1.75. The Hall–Kier alpha value is -1.36. The zero-order valence-corrected chi connectivity index (χ0v) is 11.4. The highest BCUT2D eigenvalue weighted by Gasteiger charge is 2.18. The van der Waals surface area contributed by atoms with Crippen LogP contribution in [0.4, 0.5) is 0 Å². The van der Waals surface area contributed by atoms with Crippen LogP contribution in [0.25, 0.3) is 4.96 Å². The third-order valence-electron chi connectivity index (χ3n) is 2.59. The first-order valence-electron chi connectivity index (χ1n) is 5.72. The quantitative estimate of drug-likeness (QED) is 0.910. The van der Waals surface area contributed by atoms with Gasteiger partial charge in [0.1, 0.15) is 5.69 Å². The van der Waals surface area contributed by atoms with E-state index in [-0.39, 0.29) is 5.91 Å². The second kappa shape index (κ2) is 4.49. The monoisotopic (exact) mass is 251 g/mol. The summed E-state index contributed by atoms with van der Waals surface area (Å²) in [4.78, 5) is 17.4. The lowest BCUT2D eigenvalue weighted by molar-refractivity contribution is 0.0942. The summed E-state index contributed by atoms with van der Waals surface area (Å²) in [5.41, 5.74) is 2.51. The number of nitrogens with one attached hydrogen (secondary N) is 1. The van der Waals surface area contributed by atoms with E-state index >= 15 is 0 Å². The molecular weight excluding hydrogens is 234 g/mol. The van der Waals surface area contributed by atoms with E-state index in [2.05, 4.69) is 24.1 Å². The summed E-state index contributed by atoms with van der Waals surface area (Å²) in [6.45, 7) is 8.71. The normalized spacial score (nSPS) is 11.4. The molecule has 0 saturated heterocycles. The van der Waals surface area contributed by atoms with E-state index < -0.39 is 0 Å². The Bertz CT molecular complexity index is 553. The van der Waals surface area contributed by atoms with E-state index in [0.29, 0.717) is 18.2 Å². The Morgan fingerprint density at radius 2 is 2.24 bits per heavy atom. The number of carbonyl (C=O) groups is 1. The van der Waals surface area contributed by atoms with Crippen molar-refractivity contribution in [2.45, 2.75) is 27.7 Å². The van der Waals surface area contributed by atoms with Crippen LogP contribution in [0.3, 0.4) is 0 Å². The van der Waals surface area contributed by atoms with Gasteiger partial charge in [0, 0.05) is 17.6 Å². The lowest BCUT2D eigenvalue weighted by Crippen LogP contribution is -2.29. The van der Waals surface area contributed by atoms with E-state index in [1.165, 1.54) is 0 Å². The molecule has 0 radical (unpaired) electrons. The zero-order chi connectivity index (χ0) is 12.6. The van der Waals surface area contributed by atoms with Crippen molar-refractivity contribution in [1.82, 2.24) is 14.7 Å². The van der Waals surface area contributed by atoms with E-state index in [9.17, 15) is 4.79 Å². The fraction of sp³-hybridized carbons (Fsp3) is 0.500. The smallest absolute Gasteiger partial charge is 0.270 e. The molecule has 0 saturated carbocycles. The first kappa shape index (κ1) is 12.1. The van der Waals surface area contributed by atoms with Gasteiger partial charge in [0.15, 0.2) is 4.96 Å². The molecule has 5 heteroatoms. The molecule has 0 aromatic carbocycles. The minimum absolute atomic E-state index is 0.0369. The van der Waals surface area contributed by atoms with Crippen LogP contribution < -0.4 is 5.32 Å². The van der Waals surface area contributed by atoms with Crippen molar-refractivity contribution < 1.29 is 4.79 Å². The third kappa shape index (κ3) is 2.20. The van der Waals surface area contributed by atoms with Gasteiger partial charge >= 0.3 is 0 Å². The van der Waals surface area contributed by atoms with Crippen molar-refractivity contribution >= 4 is 22.2 Å². The Kier molecular flexibility index (Phi) is 3.19. The summed E-state index contributed by atoms with van der Waals surface area (Å²) in [7, 11) is 0. The van der Waals surface area contributed by atoms with Crippen molar-refractivity contribution in [2.24, 2.45) is 5.92 Å². The molecule has 1 N–H and O–H groups in total. The SMILES string of the molecule is Cc1nc2scc(C)n2c1C(=O)NCC(C)C. The van der Waals surface area contributed by atoms with Crippen LogP contribution >= 0.6 is 11.3 Å². The first-order chi connectivity index (χ1) is 8.00. The minimum Gasteiger partial charge on any atom is -0.350 e. The van der Waals surface area contributed by atoms with E-state index in [1.54, 1.807) is 11.3 Å². The highest BCUT2D eigenvalue weighted by atomic mass is 32.1. The third-order valence-corrected chi connectivity index (χ3v) is 3.54. The Morgan fingerprint density at radius 1 is 1.53 bits per heavy atom. The number of amides is 1. The average molecular weight is 251 g/mol. The van der Waals surface area contributed by atoms with Crippen molar-refractivity contribution in [3.05, 3.63) is 22.5 Å². The summed E-state index contributed by atoms with van der Waals surface area (Å²) >= 11 is 1.56. The predicted molar refractivity (Wildman–Crippen MR) is 69.7 cm³/mol. The van der Waals surface area contributed by atoms with Crippen LogP contribution in [0.1, 0.15) is 35.7 Å². The highest BCUT2D eigenvalue weighted by Crippen LogP contribution is 2.20. The number of hydrogen-bond acceptors (Lipinski definition) is 3. The topological polar surface area (TPSA) is 46.4 Å². The molecule has 0 aliphatic carbocycles. The number of fused-ring (bicyclic) bond motifs is 1. The van der Waals surface area contributed by atoms with E-state index in [0.717, 1.165) is 16.3 Å². The first-order valence-corrected chi connectivity index (χ1v) is 6.60. The number of aryl methyl sites for hydroxylation is 2. The molecule has 0 aliphatic rings. The van der Waals surface area contributed by atoms with E-state index in [1.807, 2.05) is 23.6 Å². The summed E-state index contributed by atoms with van der Waals surface area (Å²) in [6, 6.07) is 0. The number of thiazole rings is 1. The minimum atomic E-state index is -0.0369. The van der Waals surface area contributed by atoms with Crippen molar-refractivity contribution in [2.75, 3.05) is 6.54 Å². The number of carbonyl (C=O) groups excluding carboxylic acids is 1. The number of aromatic nitrogens is 2. The van der Waals surface area contributed by atoms with Gasteiger partial charge in [-0.25, -0.2) is 4.98 Å². The maximum atomic E-state index is 12.1. The summed E-state index contributed by atoms with van der Waals surface area (Å²) < 4.78 is 1.93. The van der Waals surface area contributed by atoms with Gasteiger partial charge in [-0.1, -0.05) is 13.8 Å². The van der Waals surface area contributed by atoms with Crippen LogP contribution in [0.2, 0.25) is 0 Å². The van der Waals surface area contributed by atoms with Gasteiger partial charge in [-0.05, 0) is 19.8 Å². The number of hydrogen-bond donors (Lipinski definition) is 1. The average Bonchev–Trinajstić information content (AvgIpc) is 2.75. The molecular formula is C12H17N3OS. The number of imidazole rings is 1. The molecule has 0 spiro atoms. The maximum Gasteiger partial charge on any atom is 0.270 e. The molecule has 0 unspecified atom stereocenters. The van der Waals surface area contributed by atoms with Crippen molar-refractivity contribution in [3.8, 4) is 0 Å². The summed E-state index contributed by atoms with van der Waals surface area (Å²) in [6.07, 6.45) is 0. The molecule has 0 aliphatic heterocycles. The predicted octanol–water partition coefficient (Wildman–Crippen LogP) is 2.40. The zero-order valence-electron chi connectivity index (χ0n) is 10.6. The van der Waals surface area contributed by atoms with Crippen molar-refractivity contribution in [1.29, 1.82) is 0 Å². The second-order valence-electron chi connectivity index (χ2n) is 4.64. The number of rotatable bonds is 3. The van der Waals surface area contributed by atoms with Crippen LogP contribution in [0.5, 0.6) is 0 Å². The standard InChI is InChI=1S/C12H17N3OS/c1-7(2)5-13-11(16)10-9(4)14-12-15(10)8(3)6-17-12/h6-7H,5H2,1-4H3,(H,13,16). The summed E-state index contributed by atoms with van der Waals surface area (Å²) in [5.74, 6) is 0.413. The van der Waals surface area contributed by atoms with Gasteiger partial charge in [-0.15, -0.1) is 11.3 Å². The van der Waals surface area contributed by atoms with Crippen LogP contribution in [-0.4, -0.2) is 21.8 Å². The van der Waals surface area contributed by atoms with E-state index in [4.69, 9.17) is 0 Å². The molecule has 17 heavy (non-hydrogen) atoms. The lowest BCUT2D eigenvalue weighted by Gasteiger charge is -2.08. The molecule has 92 valence electrons. The Labute approximate surface area is 105 Å². The molecule has 0 atom stereocenters. The van der Waals surface area contributed by atoms with Gasteiger partial charge < -0.3 is 5.32 Å². The molecule has 0 bridgehead atoms. The molecule has 2 heterocycles. The Morgan fingerprint density at radius 3 is 2.88 bits per heavy atom. The molecule has 0 fully saturated rings. The van der Waals surface area contributed by atoms with Gasteiger partial charge in [0.05, 0.1) is 5.69 Å². The number of nitrogens with zero attached hydrogens (tertiary/aromatic N) is 2. The van der Waals surface area contributed by atoms with Crippen LogP contribution in [-0.2, 0) is 0 Å². The Balaban J connectivity index is 2.36. The molecule has 2 rings (SSSR count).